The molecule has 0 radical (unpaired) electrons. The van der Waals surface area contributed by atoms with Crippen molar-refractivity contribution in [3.8, 4) is 17.2 Å². The summed E-state index contributed by atoms with van der Waals surface area (Å²) in [6, 6.07) is 9.87. The van der Waals surface area contributed by atoms with Gasteiger partial charge >= 0.3 is 5.95 Å². The van der Waals surface area contributed by atoms with E-state index in [0.717, 1.165) is 55.1 Å². The number of aryl methyl sites for hydroxylation is 2. The minimum Gasteiger partial charge on any atom is -0.467 e. The van der Waals surface area contributed by atoms with Crippen LogP contribution in [0, 0.1) is 6.92 Å². The summed E-state index contributed by atoms with van der Waals surface area (Å²) in [6.45, 7) is 2.74. The molecule has 1 aromatic carbocycles. The van der Waals surface area contributed by atoms with E-state index < -0.39 is 0 Å². The van der Waals surface area contributed by atoms with E-state index in [1.165, 1.54) is 0 Å². The van der Waals surface area contributed by atoms with Crippen LogP contribution >= 0.6 is 0 Å². The number of anilines is 1. The molecule has 0 bridgehead atoms. The minimum atomic E-state index is 0.407. The topological polar surface area (TPSA) is 86.2 Å². The van der Waals surface area contributed by atoms with Gasteiger partial charge in [0.25, 0.3) is 0 Å². The quantitative estimate of drug-likeness (QED) is 0.591. The molecule has 2 heterocycles. The first kappa shape index (κ1) is 17.0. The summed E-state index contributed by atoms with van der Waals surface area (Å²) in [5.74, 6) is 1.83. The molecule has 0 fully saturated rings. The predicted octanol–water partition coefficient (Wildman–Crippen LogP) is 3.87. The standard InChI is InChI=1S/C18H22N4O3/c1-13-20-17(24-21-13)9-4-3-5-10-19-15-8-6-7-14(11-15)16-12-18(23-2)25-22-16/h6-8,11-12,19H,3-5,9-10H2,1-2H3. The molecule has 0 unspecified atom stereocenters. The van der Waals surface area contributed by atoms with Crippen molar-refractivity contribution in [1.82, 2.24) is 15.3 Å². The van der Waals surface area contributed by atoms with Crippen molar-refractivity contribution in [3.05, 3.63) is 42.0 Å². The van der Waals surface area contributed by atoms with Gasteiger partial charge in [-0.1, -0.05) is 28.9 Å². The lowest BCUT2D eigenvalue weighted by atomic mass is 10.1. The van der Waals surface area contributed by atoms with Gasteiger partial charge in [0.15, 0.2) is 5.82 Å². The molecule has 0 aliphatic rings. The molecule has 0 spiro atoms. The van der Waals surface area contributed by atoms with Gasteiger partial charge in [0.05, 0.1) is 13.2 Å². The first-order chi connectivity index (χ1) is 12.2. The Balaban J connectivity index is 1.41. The number of methoxy groups -OCH3 is 1. The maximum atomic E-state index is 5.11. The summed E-state index contributed by atoms with van der Waals surface area (Å²) in [6.07, 6.45) is 4.07. The van der Waals surface area contributed by atoms with E-state index in [9.17, 15) is 0 Å². The minimum absolute atomic E-state index is 0.407. The van der Waals surface area contributed by atoms with Crippen LogP contribution in [0.15, 0.2) is 39.4 Å². The molecule has 2 aromatic heterocycles. The third-order valence-electron chi connectivity index (χ3n) is 3.81. The van der Waals surface area contributed by atoms with Crippen LogP contribution in [-0.2, 0) is 6.42 Å². The van der Waals surface area contributed by atoms with Gasteiger partial charge in [-0.15, -0.1) is 0 Å². The zero-order chi connectivity index (χ0) is 17.5. The lowest BCUT2D eigenvalue weighted by molar-refractivity contribution is 0.261. The Hall–Kier alpha value is -2.83. The normalized spacial score (nSPS) is 10.8. The monoisotopic (exact) mass is 342 g/mol. The number of nitrogens with zero attached hydrogens (tertiary/aromatic N) is 3. The largest absolute Gasteiger partial charge is 0.467 e. The summed E-state index contributed by atoms with van der Waals surface area (Å²) in [5.41, 5.74) is 2.81. The first-order valence-corrected chi connectivity index (χ1v) is 8.39. The van der Waals surface area contributed by atoms with Gasteiger partial charge < -0.3 is 19.1 Å². The fourth-order valence-electron chi connectivity index (χ4n) is 2.53. The van der Waals surface area contributed by atoms with Crippen LogP contribution in [0.4, 0.5) is 5.69 Å². The lowest BCUT2D eigenvalue weighted by Gasteiger charge is -2.07. The number of aromatic nitrogens is 3. The van der Waals surface area contributed by atoms with Gasteiger partial charge in [-0.2, -0.15) is 4.98 Å². The van der Waals surface area contributed by atoms with Gasteiger partial charge in [-0.3, -0.25) is 0 Å². The maximum Gasteiger partial charge on any atom is 0.311 e. The SMILES string of the molecule is COc1cc(-c2cccc(NCCCCCc3nc(C)no3)c2)no1. The Morgan fingerprint density at radius 2 is 2.00 bits per heavy atom. The molecule has 132 valence electrons. The van der Waals surface area contributed by atoms with Crippen LogP contribution in [0.5, 0.6) is 5.95 Å². The van der Waals surface area contributed by atoms with E-state index in [1.807, 2.05) is 25.1 Å². The van der Waals surface area contributed by atoms with Crippen molar-refractivity contribution in [2.45, 2.75) is 32.6 Å². The van der Waals surface area contributed by atoms with Gasteiger partial charge in [0, 0.05) is 24.2 Å². The Bertz CT molecular complexity index is 797. The average Bonchev–Trinajstić information content (AvgIpc) is 3.27. The van der Waals surface area contributed by atoms with Crippen molar-refractivity contribution >= 4 is 5.69 Å². The molecule has 1 N–H and O–H groups in total. The van der Waals surface area contributed by atoms with Crippen molar-refractivity contribution in [3.63, 3.8) is 0 Å². The highest BCUT2D eigenvalue weighted by Crippen LogP contribution is 2.25. The molecule has 0 saturated carbocycles. The Morgan fingerprint density at radius 3 is 2.76 bits per heavy atom. The molecule has 0 aliphatic carbocycles. The third kappa shape index (κ3) is 4.82. The van der Waals surface area contributed by atoms with Crippen molar-refractivity contribution < 1.29 is 13.8 Å². The van der Waals surface area contributed by atoms with Crippen LogP contribution in [0.3, 0.4) is 0 Å². The molecule has 7 heteroatoms. The van der Waals surface area contributed by atoms with Crippen LogP contribution < -0.4 is 10.1 Å². The molecule has 0 atom stereocenters. The smallest absolute Gasteiger partial charge is 0.311 e. The second-order valence-corrected chi connectivity index (χ2v) is 5.79. The molecular formula is C18H22N4O3. The number of benzene rings is 1. The van der Waals surface area contributed by atoms with Gasteiger partial charge in [0.2, 0.25) is 5.89 Å². The highest BCUT2D eigenvalue weighted by molar-refractivity contribution is 5.65. The number of hydrogen-bond donors (Lipinski definition) is 1. The summed E-state index contributed by atoms with van der Waals surface area (Å²) in [7, 11) is 1.56. The number of hydrogen-bond acceptors (Lipinski definition) is 7. The fourth-order valence-corrected chi connectivity index (χ4v) is 2.53. The summed E-state index contributed by atoms with van der Waals surface area (Å²) < 4.78 is 15.2. The van der Waals surface area contributed by atoms with Gasteiger partial charge in [-0.05, 0) is 31.9 Å². The second kappa shape index (κ2) is 8.32. The highest BCUT2D eigenvalue weighted by atomic mass is 16.6. The maximum absolute atomic E-state index is 5.11. The van der Waals surface area contributed by atoms with E-state index in [0.29, 0.717) is 11.8 Å². The van der Waals surface area contributed by atoms with Crippen LogP contribution in [-0.4, -0.2) is 29.0 Å². The van der Waals surface area contributed by atoms with E-state index in [4.69, 9.17) is 13.8 Å². The van der Waals surface area contributed by atoms with Crippen molar-refractivity contribution in [2.75, 3.05) is 19.0 Å². The number of ether oxygens (including phenoxy) is 1. The molecule has 3 rings (SSSR count). The zero-order valence-corrected chi connectivity index (χ0v) is 14.5. The van der Waals surface area contributed by atoms with Crippen LogP contribution in [0.25, 0.3) is 11.3 Å². The number of rotatable bonds is 9. The summed E-state index contributed by atoms with van der Waals surface area (Å²) in [4.78, 5) is 4.21. The summed E-state index contributed by atoms with van der Waals surface area (Å²) >= 11 is 0. The zero-order valence-electron chi connectivity index (χ0n) is 14.5. The van der Waals surface area contributed by atoms with Gasteiger partial charge in [0.1, 0.15) is 5.69 Å². The van der Waals surface area contributed by atoms with Crippen molar-refractivity contribution in [2.24, 2.45) is 0 Å². The first-order valence-electron chi connectivity index (χ1n) is 8.39. The molecule has 25 heavy (non-hydrogen) atoms. The average molecular weight is 342 g/mol. The summed E-state index contributed by atoms with van der Waals surface area (Å²) in [5, 5.41) is 11.2. The molecule has 0 saturated heterocycles. The number of nitrogens with one attached hydrogen (secondary N) is 1. The van der Waals surface area contributed by atoms with E-state index in [2.05, 4.69) is 26.7 Å². The Morgan fingerprint density at radius 1 is 1.08 bits per heavy atom. The molecule has 0 aliphatic heterocycles. The molecule has 0 amide bonds. The van der Waals surface area contributed by atoms with E-state index in [-0.39, 0.29) is 0 Å². The Kier molecular flexibility index (Phi) is 5.66. The van der Waals surface area contributed by atoms with E-state index >= 15 is 0 Å². The number of unbranched alkanes of at least 4 members (excludes halogenated alkanes) is 2. The predicted molar refractivity (Wildman–Crippen MR) is 93.6 cm³/mol. The van der Waals surface area contributed by atoms with E-state index in [1.54, 1.807) is 13.2 Å². The fraction of sp³-hybridized carbons (Fsp3) is 0.389. The van der Waals surface area contributed by atoms with Crippen LogP contribution in [0.2, 0.25) is 0 Å². The van der Waals surface area contributed by atoms with Gasteiger partial charge in [-0.25, -0.2) is 0 Å². The van der Waals surface area contributed by atoms with Crippen LogP contribution in [0.1, 0.15) is 31.0 Å². The second-order valence-electron chi connectivity index (χ2n) is 5.79. The Labute approximate surface area is 146 Å². The molecule has 7 nitrogen and oxygen atoms in total. The molecule has 3 aromatic rings. The molecular weight excluding hydrogens is 320 g/mol. The lowest BCUT2D eigenvalue weighted by Crippen LogP contribution is -2.01. The highest BCUT2D eigenvalue weighted by Gasteiger charge is 2.07. The third-order valence-corrected chi connectivity index (χ3v) is 3.81. The van der Waals surface area contributed by atoms with Crippen molar-refractivity contribution in [1.29, 1.82) is 0 Å².